The third-order valence-electron chi connectivity index (χ3n) is 2.66. The highest BCUT2D eigenvalue weighted by Gasteiger charge is 2.14. The van der Waals surface area contributed by atoms with E-state index in [0.29, 0.717) is 16.5 Å². The van der Waals surface area contributed by atoms with Crippen LogP contribution in [0.25, 0.3) is 0 Å². The number of methoxy groups -OCH3 is 1. The number of ether oxygens (including phenoxy) is 1. The molecule has 112 valence electrons. The van der Waals surface area contributed by atoms with Crippen LogP contribution in [0.15, 0.2) is 33.8 Å². The molecule has 1 aromatic carbocycles. The van der Waals surface area contributed by atoms with Gasteiger partial charge in [0.2, 0.25) is 5.91 Å². The number of nitrogens with one attached hydrogen (secondary N) is 1. The lowest BCUT2D eigenvalue weighted by Crippen LogP contribution is -2.32. The Hall–Kier alpha value is -2.22. The summed E-state index contributed by atoms with van der Waals surface area (Å²) in [4.78, 5) is 11.8. The quantitative estimate of drug-likeness (QED) is 0.624. The maximum absolute atomic E-state index is 11.8. The third-order valence-corrected chi connectivity index (χ3v) is 3.77. The number of aromatic nitrogens is 2. The summed E-state index contributed by atoms with van der Waals surface area (Å²) in [6, 6.07) is 7.07. The summed E-state index contributed by atoms with van der Waals surface area (Å²) in [6.45, 7) is 0. The highest BCUT2D eigenvalue weighted by molar-refractivity contribution is 7.99. The lowest BCUT2D eigenvalue weighted by atomic mass is 10.3. The van der Waals surface area contributed by atoms with Crippen LogP contribution in [0.3, 0.4) is 0 Å². The molecule has 0 aliphatic carbocycles. The van der Waals surface area contributed by atoms with E-state index in [1.807, 2.05) is 0 Å². The van der Waals surface area contributed by atoms with Crippen LogP contribution in [0.5, 0.6) is 11.7 Å². The second-order valence-electron chi connectivity index (χ2n) is 4.16. The standard InChI is InChI=1S/C13H15N3O4S/c1-16-12(13(18)20-15-16)21-8-7-11(17)14-9-3-5-10(19-2)6-4-9/h3-6H,7-8H2,1-2H3,(H-,14,15,17,18). The fourth-order valence-electron chi connectivity index (χ4n) is 1.60. The topological polar surface area (TPSA) is 91.3 Å². The van der Waals surface area contributed by atoms with E-state index in [9.17, 15) is 9.90 Å². The van der Waals surface area contributed by atoms with Gasteiger partial charge in [0.15, 0.2) is 13.0 Å². The Bertz CT molecular complexity index is 593. The van der Waals surface area contributed by atoms with Crippen LogP contribution in [0.1, 0.15) is 6.42 Å². The lowest BCUT2D eigenvalue weighted by molar-refractivity contribution is -0.772. The van der Waals surface area contributed by atoms with Crippen molar-refractivity contribution in [1.82, 2.24) is 5.27 Å². The highest BCUT2D eigenvalue weighted by atomic mass is 32.2. The third kappa shape index (κ3) is 4.12. The number of anilines is 1. The molecule has 0 aliphatic rings. The number of nitrogens with zero attached hydrogens (tertiary/aromatic N) is 2. The number of thioether (sulfide) groups is 1. The monoisotopic (exact) mass is 309 g/mol. The first-order valence-corrected chi connectivity index (χ1v) is 7.18. The molecule has 2 aromatic rings. The van der Waals surface area contributed by atoms with Gasteiger partial charge in [0.1, 0.15) is 5.75 Å². The number of carbonyl (C=O) groups is 1. The van der Waals surface area contributed by atoms with E-state index >= 15 is 0 Å². The Morgan fingerprint density at radius 1 is 1.48 bits per heavy atom. The molecule has 1 heterocycles. The molecule has 8 heteroatoms. The first kappa shape index (κ1) is 15.2. The van der Waals surface area contributed by atoms with E-state index in [2.05, 4.69) is 15.1 Å². The largest absolute Gasteiger partial charge is 0.538 e. The molecule has 0 fully saturated rings. The summed E-state index contributed by atoms with van der Waals surface area (Å²) in [6.07, 6.45) is 0.279. The van der Waals surface area contributed by atoms with Crippen LogP contribution < -0.4 is 19.8 Å². The van der Waals surface area contributed by atoms with E-state index in [1.54, 1.807) is 38.4 Å². The van der Waals surface area contributed by atoms with Gasteiger partial charge in [-0.1, -0.05) is 16.4 Å². The maximum Gasteiger partial charge on any atom is 0.290 e. The first-order chi connectivity index (χ1) is 10.1. The van der Waals surface area contributed by atoms with E-state index in [1.165, 1.54) is 16.4 Å². The summed E-state index contributed by atoms with van der Waals surface area (Å²) in [5, 5.41) is 17.9. The number of rotatable bonds is 6. The predicted molar refractivity (Wildman–Crippen MR) is 74.1 cm³/mol. The molecule has 0 saturated carbocycles. The van der Waals surface area contributed by atoms with Gasteiger partial charge in [0.25, 0.3) is 5.03 Å². The molecule has 0 bridgehead atoms. The van der Waals surface area contributed by atoms with Crippen LogP contribution in [0, 0.1) is 0 Å². The molecule has 1 aromatic heterocycles. The van der Waals surface area contributed by atoms with Gasteiger partial charge >= 0.3 is 0 Å². The summed E-state index contributed by atoms with van der Waals surface area (Å²) in [7, 11) is 3.20. The van der Waals surface area contributed by atoms with Crippen molar-refractivity contribution in [2.75, 3.05) is 18.2 Å². The van der Waals surface area contributed by atoms with Crippen molar-refractivity contribution in [2.24, 2.45) is 7.05 Å². The molecular formula is C13H15N3O4S. The van der Waals surface area contributed by atoms with Gasteiger partial charge in [0.05, 0.1) is 12.4 Å². The van der Waals surface area contributed by atoms with Crippen molar-refractivity contribution in [2.45, 2.75) is 11.4 Å². The number of benzene rings is 1. The van der Waals surface area contributed by atoms with Gasteiger partial charge in [-0.3, -0.25) is 4.79 Å². The summed E-state index contributed by atoms with van der Waals surface area (Å²) >= 11 is 1.24. The zero-order valence-corrected chi connectivity index (χ0v) is 12.5. The number of aryl methyl sites for hydroxylation is 1. The van der Waals surface area contributed by atoms with E-state index in [4.69, 9.17) is 4.74 Å². The molecule has 1 N–H and O–H groups in total. The van der Waals surface area contributed by atoms with Crippen LogP contribution in [0.2, 0.25) is 0 Å². The number of amides is 1. The minimum atomic E-state index is -0.488. The second kappa shape index (κ2) is 6.98. The molecular weight excluding hydrogens is 294 g/mol. The summed E-state index contributed by atoms with van der Waals surface area (Å²) in [5.41, 5.74) is 0.700. The molecule has 0 aliphatic heterocycles. The number of carbonyl (C=O) groups excluding carboxylic acids is 1. The minimum Gasteiger partial charge on any atom is -0.538 e. The normalized spacial score (nSPS) is 10.4. The van der Waals surface area contributed by atoms with Crippen LogP contribution in [-0.4, -0.2) is 24.0 Å². The average molecular weight is 309 g/mol. The lowest BCUT2D eigenvalue weighted by Gasteiger charge is -2.05. The van der Waals surface area contributed by atoms with Gasteiger partial charge in [-0.15, -0.1) is 0 Å². The first-order valence-electron chi connectivity index (χ1n) is 6.20. The van der Waals surface area contributed by atoms with Crippen LogP contribution in [0.4, 0.5) is 5.69 Å². The Morgan fingerprint density at radius 3 is 2.76 bits per heavy atom. The van der Waals surface area contributed by atoms with Gasteiger partial charge in [0, 0.05) is 17.9 Å². The molecule has 0 unspecified atom stereocenters. The van der Waals surface area contributed by atoms with E-state index < -0.39 is 5.95 Å². The van der Waals surface area contributed by atoms with Crippen LogP contribution in [-0.2, 0) is 11.8 Å². The van der Waals surface area contributed by atoms with E-state index in [-0.39, 0.29) is 12.3 Å². The molecule has 2 rings (SSSR count). The number of hydrogen-bond donors (Lipinski definition) is 1. The smallest absolute Gasteiger partial charge is 0.290 e. The minimum absolute atomic E-state index is 0.126. The van der Waals surface area contributed by atoms with Crippen LogP contribution >= 0.6 is 11.8 Å². The molecule has 0 radical (unpaired) electrons. The average Bonchev–Trinajstić information content (AvgIpc) is 2.80. The van der Waals surface area contributed by atoms with Gasteiger partial charge in [-0.25, -0.2) is 0 Å². The predicted octanol–water partition coefficient (Wildman–Crippen LogP) is 0.702. The van der Waals surface area contributed by atoms with Gasteiger partial charge in [-0.2, -0.15) is 0 Å². The number of hydrogen-bond acceptors (Lipinski definition) is 6. The van der Waals surface area contributed by atoms with E-state index in [0.717, 1.165) is 5.75 Å². The summed E-state index contributed by atoms with van der Waals surface area (Å²) < 4.78 is 10.9. The molecule has 7 nitrogen and oxygen atoms in total. The van der Waals surface area contributed by atoms with Crippen molar-refractivity contribution in [1.29, 1.82) is 0 Å². The summed E-state index contributed by atoms with van der Waals surface area (Å²) in [5.74, 6) is 0.579. The van der Waals surface area contributed by atoms with Crippen molar-refractivity contribution in [3.8, 4) is 11.7 Å². The van der Waals surface area contributed by atoms with Crippen molar-refractivity contribution >= 4 is 23.4 Å². The SMILES string of the molecule is COc1ccc(NC(=O)CCSc2c([O-])on[n+]2C)cc1. The van der Waals surface area contributed by atoms with Crippen molar-refractivity contribution < 1.29 is 23.8 Å². The fraction of sp³-hybridized carbons (Fsp3) is 0.308. The fourth-order valence-corrected chi connectivity index (χ4v) is 2.45. The molecule has 0 spiro atoms. The molecule has 21 heavy (non-hydrogen) atoms. The molecule has 0 saturated heterocycles. The zero-order chi connectivity index (χ0) is 15.2. The highest BCUT2D eigenvalue weighted by Crippen LogP contribution is 2.22. The Labute approximate surface area is 125 Å². The Balaban J connectivity index is 1.79. The van der Waals surface area contributed by atoms with Gasteiger partial charge < -0.3 is 19.7 Å². The van der Waals surface area contributed by atoms with Crippen molar-refractivity contribution in [3.05, 3.63) is 24.3 Å². The molecule has 0 atom stereocenters. The zero-order valence-electron chi connectivity index (χ0n) is 11.7. The Morgan fingerprint density at radius 2 is 2.19 bits per heavy atom. The van der Waals surface area contributed by atoms with Crippen molar-refractivity contribution in [3.63, 3.8) is 0 Å². The molecule has 1 amide bonds. The Kier molecular flexibility index (Phi) is 5.04. The second-order valence-corrected chi connectivity index (χ2v) is 5.25. The maximum atomic E-state index is 11.8. The van der Waals surface area contributed by atoms with Gasteiger partial charge in [-0.05, 0) is 24.3 Å².